The molecule has 0 spiro atoms. The SMILES string of the molecule is C=CC(=O)N(c1ccccc1)c1ccccc1.C=CC(=O)Nc1ccccc1. The zero-order chi connectivity index (χ0) is 20.2. The number of hydrogen-bond acceptors (Lipinski definition) is 2. The highest BCUT2D eigenvalue weighted by Gasteiger charge is 2.14. The molecule has 0 saturated carbocycles. The molecule has 4 heteroatoms. The van der Waals surface area contributed by atoms with Crippen LogP contribution in [0.1, 0.15) is 0 Å². The normalized spacial score (nSPS) is 9.29. The summed E-state index contributed by atoms with van der Waals surface area (Å²) in [5, 5.41) is 2.63. The molecule has 0 unspecified atom stereocenters. The Hall–Kier alpha value is -3.92. The molecule has 0 fully saturated rings. The summed E-state index contributed by atoms with van der Waals surface area (Å²) >= 11 is 0. The Morgan fingerprint density at radius 3 is 1.50 bits per heavy atom. The number of para-hydroxylation sites is 3. The van der Waals surface area contributed by atoms with E-state index in [-0.39, 0.29) is 11.8 Å². The molecule has 4 nitrogen and oxygen atoms in total. The van der Waals surface area contributed by atoms with Gasteiger partial charge in [-0.15, -0.1) is 0 Å². The molecule has 0 aliphatic carbocycles. The maximum atomic E-state index is 11.9. The lowest BCUT2D eigenvalue weighted by atomic mass is 10.2. The minimum Gasteiger partial charge on any atom is -0.323 e. The second-order valence-corrected chi connectivity index (χ2v) is 5.61. The predicted molar refractivity (Wildman–Crippen MR) is 115 cm³/mol. The first kappa shape index (κ1) is 20.4. The van der Waals surface area contributed by atoms with E-state index in [0.717, 1.165) is 17.1 Å². The number of amides is 2. The lowest BCUT2D eigenvalue weighted by Gasteiger charge is -2.21. The summed E-state index contributed by atoms with van der Waals surface area (Å²) in [6, 6.07) is 28.3. The monoisotopic (exact) mass is 370 g/mol. The molecule has 3 rings (SSSR count). The average Bonchev–Trinajstić information content (AvgIpc) is 2.76. The molecule has 1 N–H and O–H groups in total. The van der Waals surface area contributed by atoms with Gasteiger partial charge in [-0.2, -0.15) is 0 Å². The van der Waals surface area contributed by atoms with Crippen molar-refractivity contribution in [1.82, 2.24) is 0 Å². The van der Waals surface area contributed by atoms with E-state index in [2.05, 4.69) is 18.5 Å². The van der Waals surface area contributed by atoms with E-state index < -0.39 is 0 Å². The van der Waals surface area contributed by atoms with Gasteiger partial charge in [0.25, 0.3) is 5.91 Å². The molecular formula is C24H22N2O2. The van der Waals surface area contributed by atoms with E-state index in [1.165, 1.54) is 12.2 Å². The molecule has 0 aliphatic heterocycles. The number of anilines is 3. The quantitative estimate of drug-likeness (QED) is 0.616. The molecule has 3 aromatic rings. The summed E-state index contributed by atoms with van der Waals surface area (Å²) in [4.78, 5) is 24.3. The van der Waals surface area contributed by atoms with Crippen molar-refractivity contribution in [2.24, 2.45) is 0 Å². The van der Waals surface area contributed by atoms with E-state index in [0.29, 0.717) is 0 Å². The number of carbonyl (C=O) groups is 2. The molecule has 3 aromatic carbocycles. The maximum absolute atomic E-state index is 11.9. The Kier molecular flexibility index (Phi) is 7.96. The molecule has 0 aliphatic rings. The van der Waals surface area contributed by atoms with E-state index in [9.17, 15) is 9.59 Å². The fraction of sp³-hybridized carbons (Fsp3) is 0. The number of benzene rings is 3. The topological polar surface area (TPSA) is 49.4 Å². The Morgan fingerprint density at radius 1 is 0.679 bits per heavy atom. The molecule has 140 valence electrons. The van der Waals surface area contributed by atoms with Crippen LogP contribution in [0.2, 0.25) is 0 Å². The molecule has 0 radical (unpaired) electrons. The first-order chi connectivity index (χ1) is 13.7. The second kappa shape index (κ2) is 10.9. The number of hydrogen-bond donors (Lipinski definition) is 1. The maximum Gasteiger partial charge on any atom is 0.254 e. The van der Waals surface area contributed by atoms with Gasteiger partial charge in [0, 0.05) is 17.1 Å². The molecule has 2 amide bonds. The van der Waals surface area contributed by atoms with Gasteiger partial charge in [0.2, 0.25) is 5.91 Å². The number of carbonyl (C=O) groups excluding carboxylic acids is 2. The molecule has 0 saturated heterocycles. The highest BCUT2D eigenvalue weighted by atomic mass is 16.2. The Balaban J connectivity index is 0.000000221. The summed E-state index contributed by atoms with van der Waals surface area (Å²) in [7, 11) is 0. The van der Waals surface area contributed by atoms with Gasteiger partial charge in [-0.1, -0.05) is 67.8 Å². The van der Waals surface area contributed by atoms with Crippen LogP contribution < -0.4 is 10.2 Å². The smallest absolute Gasteiger partial charge is 0.254 e. The van der Waals surface area contributed by atoms with Crippen molar-refractivity contribution in [1.29, 1.82) is 0 Å². The first-order valence-electron chi connectivity index (χ1n) is 8.70. The van der Waals surface area contributed by atoms with Crippen LogP contribution in [-0.4, -0.2) is 11.8 Å². The van der Waals surface area contributed by atoms with Gasteiger partial charge < -0.3 is 5.32 Å². The lowest BCUT2D eigenvalue weighted by molar-refractivity contribution is -0.113. The van der Waals surface area contributed by atoms with Crippen molar-refractivity contribution in [2.75, 3.05) is 10.2 Å². The van der Waals surface area contributed by atoms with Crippen molar-refractivity contribution in [3.05, 3.63) is 116 Å². The van der Waals surface area contributed by atoms with E-state index in [4.69, 9.17) is 0 Å². The van der Waals surface area contributed by atoms with E-state index >= 15 is 0 Å². The number of nitrogens with zero attached hydrogens (tertiary/aromatic N) is 1. The summed E-state index contributed by atoms with van der Waals surface area (Å²) in [5.74, 6) is -0.321. The van der Waals surface area contributed by atoms with Crippen LogP contribution in [0.4, 0.5) is 17.1 Å². The van der Waals surface area contributed by atoms with Crippen molar-refractivity contribution < 1.29 is 9.59 Å². The van der Waals surface area contributed by atoms with Crippen LogP contribution in [0.25, 0.3) is 0 Å². The minimum absolute atomic E-state index is 0.137. The second-order valence-electron chi connectivity index (χ2n) is 5.61. The van der Waals surface area contributed by atoms with Gasteiger partial charge in [-0.25, -0.2) is 0 Å². The molecule has 0 atom stereocenters. The van der Waals surface area contributed by atoms with Crippen molar-refractivity contribution in [2.45, 2.75) is 0 Å². The van der Waals surface area contributed by atoms with Gasteiger partial charge in [0.05, 0.1) is 0 Å². The summed E-state index contributed by atoms with van der Waals surface area (Å²) in [6.45, 7) is 6.89. The number of nitrogens with one attached hydrogen (secondary N) is 1. The van der Waals surface area contributed by atoms with Crippen LogP contribution in [0.5, 0.6) is 0 Å². The third kappa shape index (κ3) is 6.11. The van der Waals surface area contributed by atoms with Crippen LogP contribution >= 0.6 is 0 Å². The Labute approximate surface area is 165 Å². The summed E-state index contributed by atoms with van der Waals surface area (Å²) < 4.78 is 0. The molecule has 0 bridgehead atoms. The lowest BCUT2D eigenvalue weighted by Crippen LogP contribution is -2.23. The van der Waals surface area contributed by atoms with Crippen LogP contribution in [0.3, 0.4) is 0 Å². The highest BCUT2D eigenvalue weighted by Crippen LogP contribution is 2.24. The highest BCUT2D eigenvalue weighted by molar-refractivity contribution is 6.06. The van der Waals surface area contributed by atoms with Crippen LogP contribution in [-0.2, 0) is 9.59 Å². The zero-order valence-electron chi connectivity index (χ0n) is 15.5. The third-order valence-electron chi connectivity index (χ3n) is 3.65. The van der Waals surface area contributed by atoms with Gasteiger partial charge in [-0.05, 0) is 48.6 Å². The molecule has 28 heavy (non-hydrogen) atoms. The summed E-state index contributed by atoms with van der Waals surface area (Å²) in [6.07, 6.45) is 2.56. The Morgan fingerprint density at radius 2 is 1.11 bits per heavy atom. The van der Waals surface area contributed by atoms with Crippen molar-refractivity contribution >= 4 is 28.9 Å². The molecule has 0 heterocycles. The van der Waals surface area contributed by atoms with Crippen LogP contribution in [0.15, 0.2) is 116 Å². The fourth-order valence-corrected chi connectivity index (χ4v) is 2.36. The number of rotatable bonds is 5. The van der Waals surface area contributed by atoms with Crippen LogP contribution in [0, 0.1) is 0 Å². The van der Waals surface area contributed by atoms with Gasteiger partial charge in [0.1, 0.15) is 0 Å². The minimum atomic E-state index is -0.184. The summed E-state index contributed by atoms with van der Waals surface area (Å²) in [5.41, 5.74) is 2.46. The fourth-order valence-electron chi connectivity index (χ4n) is 2.36. The largest absolute Gasteiger partial charge is 0.323 e. The standard InChI is InChI=1S/C15H13NO.C9H9NO/c1-2-15(17)16(13-9-5-3-6-10-13)14-11-7-4-8-12-14;1-2-9(11)10-8-6-4-3-5-7-8/h2-12H,1H2;2-7H,1H2,(H,10,11). The van der Waals surface area contributed by atoms with E-state index in [1.807, 2.05) is 91.0 Å². The van der Waals surface area contributed by atoms with Crippen molar-refractivity contribution in [3.63, 3.8) is 0 Å². The van der Waals surface area contributed by atoms with Gasteiger partial charge >= 0.3 is 0 Å². The molecule has 0 aromatic heterocycles. The predicted octanol–water partition coefficient (Wildman–Crippen LogP) is 5.35. The molecular weight excluding hydrogens is 348 g/mol. The average molecular weight is 370 g/mol. The van der Waals surface area contributed by atoms with E-state index in [1.54, 1.807) is 4.90 Å². The first-order valence-corrected chi connectivity index (χ1v) is 8.70. The van der Waals surface area contributed by atoms with Gasteiger partial charge in [-0.3, -0.25) is 14.5 Å². The Bertz CT molecular complexity index is 868. The van der Waals surface area contributed by atoms with Gasteiger partial charge in [0.15, 0.2) is 0 Å². The zero-order valence-corrected chi connectivity index (χ0v) is 15.5. The third-order valence-corrected chi connectivity index (χ3v) is 3.65. The van der Waals surface area contributed by atoms with Crippen molar-refractivity contribution in [3.8, 4) is 0 Å².